The summed E-state index contributed by atoms with van der Waals surface area (Å²) in [6, 6.07) is 10.1. The number of aliphatic hydroxyl groups is 1. The van der Waals surface area contributed by atoms with E-state index in [4.69, 9.17) is 4.98 Å². The Morgan fingerprint density at radius 1 is 1.08 bits per heavy atom. The van der Waals surface area contributed by atoms with Crippen LogP contribution in [0.15, 0.2) is 30.3 Å². The quantitative estimate of drug-likeness (QED) is 0.763. The van der Waals surface area contributed by atoms with E-state index in [0.717, 1.165) is 72.3 Å². The van der Waals surface area contributed by atoms with Crippen LogP contribution < -0.4 is 9.80 Å². The van der Waals surface area contributed by atoms with Crippen molar-refractivity contribution in [1.82, 2.24) is 14.3 Å². The zero-order valence-corrected chi connectivity index (χ0v) is 15.7. The van der Waals surface area contributed by atoms with E-state index < -0.39 is 0 Å². The summed E-state index contributed by atoms with van der Waals surface area (Å²) in [5, 5.41) is 11.9. The molecule has 1 aliphatic rings. The molecule has 0 aliphatic carbocycles. The molecule has 0 radical (unpaired) electrons. The van der Waals surface area contributed by atoms with Gasteiger partial charge >= 0.3 is 0 Å². The predicted molar refractivity (Wildman–Crippen MR) is 106 cm³/mol. The van der Waals surface area contributed by atoms with E-state index in [1.54, 1.807) is 0 Å². The molecular formula is C19H23N5OS. The molecule has 1 aliphatic heterocycles. The second-order valence-electron chi connectivity index (χ2n) is 6.50. The number of pyridine rings is 1. The predicted octanol–water partition coefficient (Wildman–Crippen LogP) is 2.86. The van der Waals surface area contributed by atoms with Gasteiger partial charge in [-0.25, -0.2) is 9.97 Å². The minimum atomic E-state index is 0.00361. The molecule has 136 valence electrons. The fourth-order valence-electron chi connectivity index (χ4n) is 3.38. The van der Waals surface area contributed by atoms with Crippen LogP contribution in [0.4, 0.5) is 10.9 Å². The summed E-state index contributed by atoms with van der Waals surface area (Å²) < 4.78 is 4.41. The van der Waals surface area contributed by atoms with Crippen molar-refractivity contribution >= 4 is 33.4 Å². The molecule has 0 saturated carbocycles. The first-order valence-electron chi connectivity index (χ1n) is 9.10. The molecule has 0 unspecified atom stereocenters. The summed E-state index contributed by atoms with van der Waals surface area (Å²) in [6.45, 7) is 5.73. The molecule has 7 heteroatoms. The summed E-state index contributed by atoms with van der Waals surface area (Å²) in [5.74, 6) is 1.82. The van der Waals surface area contributed by atoms with Gasteiger partial charge in [0.25, 0.3) is 0 Å². The molecule has 2 aromatic heterocycles. The highest BCUT2D eigenvalue weighted by molar-refractivity contribution is 7.09. The first-order chi connectivity index (χ1) is 12.8. The Morgan fingerprint density at radius 2 is 1.88 bits per heavy atom. The summed E-state index contributed by atoms with van der Waals surface area (Å²) in [7, 11) is 0. The molecule has 26 heavy (non-hydrogen) atoms. The topological polar surface area (TPSA) is 65.4 Å². The molecule has 0 bridgehead atoms. The van der Waals surface area contributed by atoms with E-state index in [1.807, 2.05) is 24.3 Å². The second kappa shape index (κ2) is 7.55. The number of aromatic nitrogens is 3. The molecule has 3 aromatic rings. The van der Waals surface area contributed by atoms with Gasteiger partial charge in [0, 0.05) is 55.1 Å². The van der Waals surface area contributed by atoms with E-state index in [9.17, 15) is 5.11 Å². The van der Waals surface area contributed by atoms with Gasteiger partial charge in [0.15, 0.2) is 0 Å². The third kappa shape index (κ3) is 3.37. The maximum absolute atomic E-state index is 9.85. The molecule has 1 saturated heterocycles. The monoisotopic (exact) mass is 369 g/mol. The van der Waals surface area contributed by atoms with E-state index in [1.165, 1.54) is 11.5 Å². The first-order valence-corrected chi connectivity index (χ1v) is 9.88. The third-order valence-corrected chi connectivity index (χ3v) is 5.60. The van der Waals surface area contributed by atoms with Crippen LogP contribution >= 0.6 is 11.5 Å². The summed E-state index contributed by atoms with van der Waals surface area (Å²) in [4.78, 5) is 14.1. The molecule has 0 atom stereocenters. The van der Waals surface area contributed by atoms with Crippen LogP contribution in [0.3, 0.4) is 0 Å². The fourth-order valence-corrected chi connectivity index (χ4v) is 4.18. The second-order valence-corrected chi connectivity index (χ2v) is 7.23. The van der Waals surface area contributed by atoms with Crippen LogP contribution in [0.25, 0.3) is 10.9 Å². The number of nitrogens with zero attached hydrogens (tertiary/aromatic N) is 5. The molecule has 1 fully saturated rings. The number of aryl methyl sites for hydroxylation is 1. The van der Waals surface area contributed by atoms with Crippen LogP contribution in [0.1, 0.15) is 24.7 Å². The Kier molecular flexibility index (Phi) is 4.99. The van der Waals surface area contributed by atoms with Crippen molar-refractivity contribution in [2.45, 2.75) is 26.4 Å². The number of fused-ring (bicyclic) bond motifs is 1. The number of rotatable bonds is 4. The lowest BCUT2D eigenvalue weighted by atomic mass is 10.1. The zero-order valence-electron chi connectivity index (χ0n) is 14.9. The van der Waals surface area contributed by atoms with Crippen molar-refractivity contribution in [3.8, 4) is 0 Å². The van der Waals surface area contributed by atoms with Crippen molar-refractivity contribution in [2.75, 3.05) is 36.0 Å². The maximum atomic E-state index is 9.85. The minimum Gasteiger partial charge on any atom is -0.392 e. The highest BCUT2D eigenvalue weighted by atomic mass is 32.1. The maximum Gasteiger partial charge on any atom is 0.205 e. The summed E-state index contributed by atoms with van der Waals surface area (Å²) in [6.07, 6.45) is 1.90. The Hall–Kier alpha value is -2.25. The van der Waals surface area contributed by atoms with Gasteiger partial charge in [0.1, 0.15) is 11.6 Å². The van der Waals surface area contributed by atoms with Crippen LogP contribution in [0.5, 0.6) is 0 Å². The SMILES string of the molecule is CCc1nsc(N2CCCN(c3nc4ccccc4cc3CO)CC2)n1. The van der Waals surface area contributed by atoms with Gasteiger partial charge in [-0.1, -0.05) is 25.1 Å². The van der Waals surface area contributed by atoms with Crippen molar-refractivity contribution in [1.29, 1.82) is 0 Å². The zero-order chi connectivity index (χ0) is 17.9. The Labute approximate surface area is 157 Å². The average Bonchev–Trinajstić information content (AvgIpc) is 3.04. The molecule has 4 rings (SSSR count). The van der Waals surface area contributed by atoms with Gasteiger partial charge in [0.2, 0.25) is 5.13 Å². The Bertz CT molecular complexity index is 897. The Balaban J connectivity index is 1.58. The lowest BCUT2D eigenvalue weighted by molar-refractivity contribution is 0.282. The molecule has 6 nitrogen and oxygen atoms in total. The molecule has 0 spiro atoms. The minimum absolute atomic E-state index is 0.00361. The lowest BCUT2D eigenvalue weighted by Crippen LogP contribution is -2.31. The molecule has 1 N–H and O–H groups in total. The highest BCUT2D eigenvalue weighted by Gasteiger charge is 2.21. The number of benzene rings is 1. The summed E-state index contributed by atoms with van der Waals surface area (Å²) in [5.41, 5.74) is 1.86. The summed E-state index contributed by atoms with van der Waals surface area (Å²) >= 11 is 1.49. The third-order valence-electron chi connectivity index (χ3n) is 4.79. The van der Waals surface area contributed by atoms with Crippen molar-refractivity contribution in [3.05, 3.63) is 41.7 Å². The Morgan fingerprint density at radius 3 is 2.69 bits per heavy atom. The van der Waals surface area contributed by atoms with Crippen LogP contribution in [0, 0.1) is 0 Å². The van der Waals surface area contributed by atoms with Gasteiger partial charge in [-0.15, -0.1) is 0 Å². The first kappa shape index (κ1) is 17.2. The molecule has 0 amide bonds. The van der Waals surface area contributed by atoms with E-state index in [0.29, 0.717) is 0 Å². The van der Waals surface area contributed by atoms with Crippen molar-refractivity contribution < 1.29 is 5.11 Å². The molecule has 3 heterocycles. The number of para-hydroxylation sites is 1. The van der Waals surface area contributed by atoms with Gasteiger partial charge in [-0.05, 0) is 18.6 Å². The van der Waals surface area contributed by atoms with Crippen LogP contribution in [0.2, 0.25) is 0 Å². The van der Waals surface area contributed by atoms with E-state index >= 15 is 0 Å². The van der Waals surface area contributed by atoms with Gasteiger partial charge < -0.3 is 14.9 Å². The number of hydrogen-bond donors (Lipinski definition) is 1. The molecular weight excluding hydrogens is 346 g/mol. The number of hydrogen-bond acceptors (Lipinski definition) is 7. The molecule has 1 aromatic carbocycles. The van der Waals surface area contributed by atoms with Crippen LogP contribution in [-0.4, -0.2) is 45.6 Å². The lowest BCUT2D eigenvalue weighted by Gasteiger charge is -2.24. The number of aliphatic hydroxyl groups excluding tert-OH is 1. The fraction of sp³-hybridized carbons (Fsp3) is 0.421. The smallest absolute Gasteiger partial charge is 0.205 e. The standard InChI is InChI=1S/C19H23N5OS/c1-2-17-21-19(26-22-17)24-9-5-8-23(10-11-24)18-15(13-25)12-14-6-3-4-7-16(14)20-18/h3-4,6-7,12,25H,2,5,8-11,13H2,1H3. The van der Waals surface area contributed by atoms with Crippen molar-refractivity contribution in [3.63, 3.8) is 0 Å². The number of anilines is 2. The normalized spacial score (nSPS) is 15.5. The van der Waals surface area contributed by atoms with Gasteiger partial charge in [-0.3, -0.25) is 0 Å². The van der Waals surface area contributed by atoms with E-state index in [2.05, 4.69) is 32.1 Å². The average molecular weight is 369 g/mol. The highest BCUT2D eigenvalue weighted by Crippen LogP contribution is 2.26. The van der Waals surface area contributed by atoms with Gasteiger partial charge in [-0.2, -0.15) is 4.37 Å². The van der Waals surface area contributed by atoms with Crippen molar-refractivity contribution in [2.24, 2.45) is 0 Å². The van der Waals surface area contributed by atoms with Gasteiger partial charge in [0.05, 0.1) is 12.1 Å². The van der Waals surface area contributed by atoms with Crippen LogP contribution in [-0.2, 0) is 13.0 Å². The largest absolute Gasteiger partial charge is 0.392 e. The van der Waals surface area contributed by atoms with E-state index in [-0.39, 0.29) is 6.61 Å².